The lowest BCUT2D eigenvalue weighted by atomic mass is 10.2. The quantitative estimate of drug-likeness (QED) is 0.829. The SMILES string of the molecule is COc1ccc(C)cc1NC(=O)[C@H](C)OC(=O)c1ccc2c(c1)OCO2. The van der Waals surface area contributed by atoms with E-state index in [4.69, 9.17) is 18.9 Å². The number of carbonyl (C=O) groups excluding carboxylic acids is 2. The van der Waals surface area contributed by atoms with Gasteiger partial charge in [0, 0.05) is 0 Å². The first kappa shape index (κ1) is 17.6. The average Bonchev–Trinajstić information content (AvgIpc) is 3.09. The minimum atomic E-state index is -0.988. The predicted octanol–water partition coefficient (Wildman–Crippen LogP) is 2.92. The van der Waals surface area contributed by atoms with Crippen LogP contribution in [0, 0.1) is 6.92 Å². The first-order chi connectivity index (χ1) is 12.5. The number of benzene rings is 2. The molecule has 0 spiro atoms. The number of hydrogen-bond donors (Lipinski definition) is 1. The summed E-state index contributed by atoms with van der Waals surface area (Å²) in [5.74, 6) is 0.489. The third kappa shape index (κ3) is 3.72. The van der Waals surface area contributed by atoms with Crippen LogP contribution < -0.4 is 19.5 Å². The van der Waals surface area contributed by atoms with Crippen molar-refractivity contribution in [3.05, 3.63) is 47.5 Å². The molecule has 2 aromatic rings. The van der Waals surface area contributed by atoms with Crippen molar-refractivity contribution in [2.24, 2.45) is 0 Å². The molecule has 0 aliphatic carbocycles. The van der Waals surface area contributed by atoms with Crippen molar-refractivity contribution >= 4 is 17.6 Å². The summed E-state index contributed by atoms with van der Waals surface area (Å²) in [7, 11) is 1.52. The van der Waals surface area contributed by atoms with E-state index >= 15 is 0 Å². The van der Waals surface area contributed by atoms with Crippen LogP contribution in [0.1, 0.15) is 22.8 Å². The number of rotatable bonds is 5. The van der Waals surface area contributed by atoms with Crippen LogP contribution >= 0.6 is 0 Å². The summed E-state index contributed by atoms with van der Waals surface area (Å²) in [6.07, 6.45) is -0.988. The molecular formula is C19H19NO6. The Morgan fingerprint density at radius 3 is 2.65 bits per heavy atom. The normalized spacial score (nSPS) is 13.0. The van der Waals surface area contributed by atoms with Gasteiger partial charge in [-0.2, -0.15) is 0 Å². The fourth-order valence-electron chi connectivity index (χ4n) is 2.46. The summed E-state index contributed by atoms with van der Waals surface area (Å²) >= 11 is 0. The molecule has 3 rings (SSSR count). The highest BCUT2D eigenvalue weighted by Crippen LogP contribution is 2.32. The number of ether oxygens (including phenoxy) is 4. The molecule has 1 aliphatic heterocycles. The van der Waals surface area contributed by atoms with Gasteiger partial charge in [-0.15, -0.1) is 0 Å². The summed E-state index contributed by atoms with van der Waals surface area (Å²) in [6.45, 7) is 3.52. The van der Waals surface area contributed by atoms with Crippen molar-refractivity contribution in [2.45, 2.75) is 20.0 Å². The Bertz CT molecular complexity index is 848. The van der Waals surface area contributed by atoms with Gasteiger partial charge >= 0.3 is 5.97 Å². The number of anilines is 1. The Morgan fingerprint density at radius 1 is 1.12 bits per heavy atom. The molecule has 1 atom stereocenters. The summed E-state index contributed by atoms with van der Waals surface area (Å²) in [4.78, 5) is 24.6. The van der Waals surface area contributed by atoms with Gasteiger partial charge in [0.1, 0.15) is 5.75 Å². The molecule has 0 radical (unpaired) electrons. The van der Waals surface area contributed by atoms with Crippen molar-refractivity contribution in [2.75, 3.05) is 19.2 Å². The lowest BCUT2D eigenvalue weighted by molar-refractivity contribution is -0.123. The summed E-state index contributed by atoms with van der Waals surface area (Å²) in [5.41, 5.74) is 1.76. The maximum atomic E-state index is 12.4. The number of methoxy groups -OCH3 is 1. The van der Waals surface area contributed by atoms with Gasteiger partial charge in [-0.3, -0.25) is 4.79 Å². The number of fused-ring (bicyclic) bond motifs is 1. The molecule has 1 amide bonds. The minimum absolute atomic E-state index is 0.116. The number of hydrogen-bond acceptors (Lipinski definition) is 6. The molecule has 1 heterocycles. The van der Waals surface area contributed by atoms with Gasteiger partial charge in [0.25, 0.3) is 5.91 Å². The second-order valence-corrected chi connectivity index (χ2v) is 5.81. The van der Waals surface area contributed by atoms with Gasteiger partial charge in [0.2, 0.25) is 6.79 Å². The lowest BCUT2D eigenvalue weighted by Crippen LogP contribution is -2.30. The summed E-state index contributed by atoms with van der Waals surface area (Å²) in [5, 5.41) is 2.71. The van der Waals surface area contributed by atoms with Gasteiger partial charge in [-0.25, -0.2) is 4.79 Å². The van der Waals surface area contributed by atoms with E-state index in [0.29, 0.717) is 22.9 Å². The highest BCUT2D eigenvalue weighted by Gasteiger charge is 2.22. The minimum Gasteiger partial charge on any atom is -0.495 e. The zero-order valence-corrected chi connectivity index (χ0v) is 14.7. The van der Waals surface area contributed by atoms with E-state index < -0.39 is 18.0 Å². The van der Waals surface area contributed by atoms with Gasteiger partial charge in [0.05, 0.1) is 18.4 Å². The molecule has 0 bridgehead atoms. The van der Waals surface area contributed by atoms with Gasteiger partial charge in [0.15, 0.2) is 17.6 Å². The third-order valence-corrected chi connectivity index (χ3v) is 3.87. The van der Waals surface area contributed by atoms with Crippen LogP contribution in [0.3, 0.4) is 0 Å². The highest BCUT2D eigenvalue weighted by molar-refractivity contribution is 5.98. The Balaban J connectivity index is 1.66. The highest BCUT2D eigenvalue weighted by atomic mass is 16.7. The largest absolute Gasteiger partial charge is 0.495 e. The second-order valence-electron chi connectivity index (χ2n) is 5.81. The monoisotopic (exact) mass is 357 g/mol. The lowest BCUT2D eigenvalue weighted by Gasteiger charge is -2.15. The van der Waals surface area contributed by atoms with E-state index in [1.54, 1.807) is 24.3 Å². The van der Waals surface area contributed by atoms with E-state index in [2.05, 4.69) is 5.32 Å². The standard InChI is InChI=1S/C19H19NO6/c1-11-4-6-15(23-3)14(8-11)20-18(21)12(2)26-19(22)13-5-7-16-17(9-13)25-10-24-16/h4-9,12H,10H2,1-3H3,(H,20,21)/t12-/m0/s1. The first-order valence-electron chi connectivity index (χ1n) is 8.04. The van der Waals surface area contributed by atoms with Crippen molar-refractivity contribution in [3.63, 3.8) is 0 Å². The van der Waals surface area contributed by atoms with Crippen LogP contribution in [0.15, 0.2) is 36.4 Å². The average molecular weight is 357 g/mol. The number of amides is 1. The number of carbonyl (C=O) groups is 2. The first-order valence-corrected chi connectivity index (χ1v) is 8.04. The summed E-state index contributed by atoms with van der Waals surface area (Å²) < 4.78 is 20.9. The van der Waals surface area contributed by atoms with Gasteiger partial charge in [-0.1, -0.05) is 6.07 Å². The van der Waals surface area contributed by atoms with Crippen LogP contribution in [-0.2, 0) is 9.53 Å². The van der Waals surface area contributed by atoms with Crippen molar-refractivity contribution < 1.29 is 28.5 Å². The molecule has 7 heteroatoms. The molecule has 0 aromatic heterocycles. The van der Waals surface area contributed by atoms with Crippen LogP contribution in [0.5, 0.6) is 17.2 Å². The second kappa shape index (κ2) is 7.35. The van der Waals surface area contributed by atoms with E-state index in [0.717, 1.165) is 5.56 Å². The van der Waals surface area contributed by atoms with Gasteiger partial charge in [-0.05, 0) is 49.7 Å². The van der Waals surface area contributed by atoms with Crippen molar-refractivity contribution in [1.29, 1.82) is 0 Å². The van der Waals surface area contributed by atoms with E-state index in [1.807, 2.05) is 13.0 Å². The zero-order chi connectivity index (χ0) is 18.7. The molecular weight excluding hydrogens is 338 g/mol. The van der Waals surface area contributed by atoms with Gasteiger partial charge < -0.3 is 24.3 Å². The Labute approximate surface area is 150 Å². The molecule has 0 saturated carbocycles. The predicted molar refractivity (Wildman–Crippen MR) is 93.8 cm³/mol. The van der Waals surface area contributed by atoms with Crippen molar-refractivity contribution in [3.8, 4) is 17.2 Å². The molecule has 7 nitrogen and oxygen atoms in total. The van der Waals surface area contributed by atoms with Crippen LogP contribution in [0.25, 0.3) is 0 Å². The number of aryl methyl sites for hydroxylation is 1. The van der Waals surface area contributed by atoms with E-state index in [9.17, 15) is 9.59 Å². The van der Waals surface area contributed by atoms with Crippen LogP contribution in [0.4, 0.5) is 5.69 Å². The topological polar surface area (TPSA) is 83.1 Å². The molecule has 2 aromatic carbocycles. The molecule has 1 aliphatic rings. The third-order valence-electron chi connectivity index (χ3n) is 3.87. The number of esters is 1. The Morgan fingerprint density at radius 2 is 1.88 bits per heavy atom. The Hall–Kier alpha value is -3.22. The summed E-state index contributed by atoms with van der Waals surface area (Å²) in [6, 6.07) is 10.1. The maximum Gasteiger partial charge on any atom is 0.339 e. The molecule has 0 unspecified atom stereocenters. The molecule has 26 heavy (non-hydrogen) atoms. The van der Waals surface area contributed by atoms with E-state index in [-0.39, 0.29) is 12.4 Å². The molecule has 0 saturated heterocycles. The molecule has 1 N–H and O–H groups in total. The maximum absolute atomic E-state index is 12.4. The fourth-order valence-corrected chi connectivity index (χ4v) is 2.46. The zero-order valence-electron chi connectivity index (χ0n) is 14.7. The van der Waals surface area contributed by atoms with Crippen molar-refractivity contribution in [1.82, 2.24) is 0 Å². The van der Waals surface area contributed by atoms with Crippen LogP contribution in [-0.4, -0.2) is 31.9 Å². The molecule has 136 valence electrons. The Kier molecular flexibility index (Phi) is 4.97. The smallest absolute Gasteiger partial charge is 0.339 e. The van der Waals surface area contributed by atoms with Crippen LogP contribution in [0.2, 0.25) is 0 Å². The fraction of sp³-hybridized carbons (Fsp3) is 0.263. The molecule has 0 fully saturated rings. The van der Waals surface area contributed by atoms with E-state index in [1.165, 1.54) is 20.1 Å². The number of nitrogens with one attached hydrogen (secondary N) is 1.